The lowest BCUT2D eigenvalue weighted by molar-refractivity contribution is -0.130. The Kier molecular flexibility index (Phi) is 4.67. The number of carbonyl (C=O) groups excluding carboxylic acids is 1. The van der Waals surface area contributed by atoms with Crippen LogP contribution in [0.15, 0.2) is 9.64 Å². The van der Waals surface area contributed by atoms with Crippen LogP contribution in [0.2, 0.25) is 0 Å². The van der Waals surface area contributed by atoms with E-state index in [9.17, 15) is 13.2 Å². The van der Waals surface area contributed by atoms with E-state index in [0.717, 1.165) is 11.5 Å². The van der Waals surface area contributed by atoms with Gasteiger partial charge in [-0.1, -0.05) is 11.8 Å². The smallest absolute Gasteiger partial charge is 0.256 e. The standard InChI is InChI=1S/C13H20N2O4S2/c1-8-9(2)19-13(14-8)20-10(3)12(16)15(4)11-5-6-21(17,18)7-11/h10-11H,5-7H2,1-4H3. The molecule has 0 radical (unpaired) electrons. The van der Waals surface area contributed by atoms with Crippen molar-refractivity contribution in [3.63, 3.8) is 0 Å². The molecular weight excluding hydrogens is 312 g/mol. The molecule has 8 heteroatoms. The molecule has 1 aliphatic heterocycles. The highest BCUT2D eigenvalue weighted by Gasteiger charge is 2.34. The normalized spacial score (nSPS) is 22.2. The van der Waals surface area contributed by atoms with Crippen LogP contribution >= 0.6 is 11.8 Å². The summed E-state index contributed by atoms with van der Waals surface area (Å²) in [6, 6.07) is -0.224. The first-order valence-electron chi connectivity index (χ1n) is 6.77. The second-order valence-electron chi connectivity index (χ2n) is 5.39. The Morgan fingerprint density at radius 1 is 1.48 bits per heavy atom. The quantitative estimate of drug-likeness (QED) is 0.776. The summed E-state index contributed by atoms with van der Waals surface area (Å²) in [5.74, 6) is 0.863. The molecule has 0 N–H and O–H groups in total. The zero-order valence-electron chi connectivity index (χ0n) is 12.6. The first kappa shape index (κ1) is 16.4. The van der Waals surface area contributed by atoms with Gasteiger partial charge in [0.15, 0.2) is 9.84 Å². The number of rotatable bonds is 4. The van der Waals surface area contributed by atoms with E-state index in [1.807, 2.05) is 13.8 Å². The fraction of sp³-hybridized carbons (Fsp3) is 0.692. The summed E-state index contributed by atoms with van der Waals surface area (Å²) in [4.78, 5) is 18.2. The molecule has 1 amide bonds. The number of aromatic nitrogens is 1. The molecule has 6 nitrogen and oxygen atoms in total. The van der Waals surface area contributed by atoms with Gasteiger partial charge in [-0.2, -0.15) is 0 Å². The van der Waals surface area contributed by atoms with Crippen molar-refractivity contribution in [2.75, 3.05) is 18.6 Å². The molecule has 118 valence electrons. The van der Waals surface area contributed by atoms with Gasteiger partial charge in [0.25, 0.3) is 5.22 Å². The first-order valence-corrected chi connectivity index (χ1v) is 9.47. The Balaban J connectivity index is 1.99. The van der Waals surface area contributed by atoms with Crippen LogP contribution in [0.25, 0.3) is 0 Å². The third-order valence-electron chi connectivity index (χ3n) is 3.74. The summed E-state index contributed by atoms with van der Waals surface area (Å²) in [6.07, 6.45) is 0.513. The van der Waals surface area contributed by atoms with Gasteiger partial charge in [-0.05, 0) is 27.2 Å². The second kappa shape index (κ2) is 6.00. The maximum Gasteiger partial charge on any atom is 0.256 e. The van der Waals surface area contributed by atoms with Crippen molar-refractivity contribution in [1.29, 1.82) is 0 Å². The number of hydrogen-bond acceptors (Lipinski definition) is 6. The third kappa shape index (κ3) is 3.79. The molecule has 0 aliphatic carbocycles. The summed E-state index contributed by atoms with van der Waals surface area (Å²) in [7, 11) is -1.33. The van der Waals surface area contributed by atoms with Gasteiger partial charge in [-0.25, -0.2) is 13.4 Å². The van der Waals surface area contributed by atoms with Crippen molar-refractivity contribution < 1.29 is 17.6 Å². The summed E-state index contributed by atoms with van der Waals surface area (Å²) in [5, 5.41) is 0.106. The Morgan fingerprint density at radius 3 is 2.62 bits per heavy atom. The molecule has 1 aromatic rings. The summed E-state index contributed by atoms with van der Waals surface area (Å²) in [5.41, 5.74) is 0.812. The molecule has 0 spiro atoms. The van der Waals surface area contributed by atoms with Crippen molar-refractivity contribution in [3.8, 4) is 0 Å². The van der Waals surface area contributed by atoms with E-state index in [2.05, 4.69) is 4.98 Å². The average molecular weight is 332 g/mol. The number of thioether (sulfide) groups is 1. The SMILES string of the molecule is Cc1nc(SC(C)C(=O)N(C)C2CCS(=O)(=O)C2)oc1C. The van der Waals surface area contributed by atoms with Crippen molar-refractivity contribution in [3.05, 3.63) is 11.5 Å². The molecular formula is C13H20N2O4S2. The van der Waals surface area contributed by atoms with Gasteiger partial charge >= 0.3 is 0 Å². The number of sulfone groups is 1. The van der Waals surface area contributed by atoms with Crippen LogP contribution in [0, 0.1) is 13.8 Å². The van der Waals surface area contributed by atoms with E-state index in [0.29, 0.717) is 11.6 Å². The van der Waals surface area contributed by atoms with Gasteiger partial charge in [-0.15, -0.1) is 0 Å². The van der Waals surface area contributed by atoms with E-state index in [1.165, 1.54) is 11.8 Å². The Morgan fingerprint density at radius 2 is 2.14 bits per heavy atom. The van der Waals surface area contributed by atoms with Crippen molar-refractivity contribution in [1.82, 2.24) is 9.88 Å². The van der Waals surface area contributed by atoms with Crippen LogP contribution < -0.4 is 0 Å². The Labute approximate surface area is 129 Å². The lowest BCUT2D eigenvalue weighted by atomic mass is 10.2. The van der Waals surface area contributed by atoms with Crippen LogP contribution in [-0.4, -0.2) is 54.1 Å². The molecule has 1 aliphatic rings. The second-order valence-corrected chi connectivity index (χ2v) is 8.91. The Hall–Kier alpha value is -1.02. The molecule has 0 saturated carbocycles. The van der Waals surface area contributed by atoms with Gasteiger partial charge in [0.05, 0.1) is 22.4 Å². The largest absolute Gasteiger partial charge is 0.437 e. The fourth-order valence-corrected chi connectivity index (χ4v) is 4.95. The molecule has 21 heavy (non-hydrogen) atoms. The third-order valence-corrected chi connectivity index (χ3v) is 6.42. The molecule has 2 heterocycles. The molecule has 0 bridgehead atoms. The molecule has 1 aromatic heterocycles. The number of carbonyl (C=O) groups is 1. The average Bonchev–Trinajstić information content (AvgIpc) is 2.90. The van der Waals surface area contributed by atoms with Crippen molar-refractivity contribution in [2.45, 2.75) is 43.7 Å². The van der Waals surface area contributed by atoms with Crippen LogP contribution in [0.3, 0.4) is 0 Å². The number of nitrogens with zero attached hydrogens (tertiary/aromatic N) is 2. The minimum Gasteiger partial charge on any atom is -0.437 e. The number of amides is 1. The van der Waals surface area contributed by atoms with E-state index < -0.39 is 9.84 Å². The Bertz CT molecular complexity index is 619. The molecule has 0 aromatic carbocycles. The minimum absolute atomic E-state index is 0.0594. The van der Waals surface area contributed by atoms with E-state index >= 15 is 0 Å². The predicted molar refractivity (Wildman–Crippen MR) is 81.1 cm³/mol. The molecule has 2 atom stereocenters. The highest BCUT2D eigenvalue weighted by molar-refractivity contribution is 8.00. The molecule has 1 fully saturated rings. The van der Waals surface area contributed by atoms with Gasteiger partial charge in [0, 0.05) is 13.1 Å². The highest BCUT2D eigenvalue weighted by Crippen LogP contribution is 2.27. The molecule has 2 unspecified atom stereocenters. The van der Waals surface area contributed by atoms with Crippen LogP contribution in [0.1, 0.15) is 24.8 Å². The van der Waals surface area contributed by atoms with Crippen molar-refractivity contribution >= 4 is 27.5 Å². The van der Waals surface area contributed by atoms with Gasteiger partial charge in [0.1, 0.15) is 5.76 Å². The van der Waals surface area contributed by atoms with E-state index in [-0.39, 0.29) is 28.7 Å². The van der Waals surface area contributed by atoms with Crippen LogP contribution in [0.5, 0.6) is 0 Å². The summed E-state index contributed by atoms with van der Waals surface area (Å²) >= 11 is 1.26. The molecule has 1 saturated heterocycles. The van der Waals surface area contributed by atoms with Gasteiger partial charge < -0.3 is 9.32 Å². The van der Waals surface area contributed by atoms with Crippen LogP contribution in [0.4, 0.5) is 0 Å². The van der Waals surface area contributed by atoms with E-state index in [1.54, 1.807) is 18.9 Å². The van der Waals surface area contributed by atoms with E-state index in [4.69, 9.17) is 4.42 Å². The first-order chi connectivity index (χ1) is 9.69. The number of oxazole rings is 1. The zero-order valence-corrected chi connectivity index (χ0v) is 14.3. The van der Waals surface area contributed by atoms with Crippen molar-refractivity contribution in [2.24, 2.45) is 0 Å². The maximum absolute atomic E-state index is 12.4. The maximum atomic E-state index is 12.4. The lowest BCUT2D eigenvalue weighted by Crippen LogP contribution is -2.41. The number of hydrogen-bond donors (Lipinski definition) is 0. The van der Waals surface area contributed by atoms with Gasteiger partial charge in [-0.3, -0.25) is 4.79 Å². The minimum atomic E-state index is -2.99. The summed E-state index contributed by atoms with van der Waals surface area (Å²) in [6.45, 7) is 5.46. The topological polar surface area (TPSA) is 80.5 Å². The lowest BCUT2D eigenvalue weighted by Gasteiger charge is -2.25. The predicted octanol–water partition coefficient (Wildman–Crippen LogP) is 1.42. The highest BCUT2D eigenvalue weighted by atomic mass is 32.2. The zero-order chi connectivity index (χ0) is 15.8. The monoisotopic (exact) mass is 332 g/mol. The fourth-order valence-electron chi connectivity index (χ4n) is 2.24. The van der Waals surface area contributed by atoms with Crippen LogP contribution in [-0.2, 0) is 14.6 Å². The number of aryl methyl sites for hydroxylation is 2. The summed E-state index contributed by atoms with van der Waals surface area (Å²) < 4.78 is 28.5. The van der Waals surface area contributed by atoms with Gasteiger partial charge in [0.2, 0.25) is 5.91 Å². The molecule has 2 rings (SSSR count).